The molecular formula is C21H23N7O. The quantitative estimate of drug-likeness (QED) is 0.577. The van der Waals surface area contributed by atoms with E-state index in [1.54, 1.807) is 16.7 Å². The van der Waals surface area contributed by atoms with Crippen molar-refractivity contribution in [1.82, 2.24) is 34.3 Å². The molecule has 8 nitrogen and oxygen atoms in total. The Morgan fingerprint density at radius 3 is 2.76 bits per heavy atom. The molecule has 8 heteroatoms. The molecule has 0 atom stereocenters. The Labute approximate surface area is 167 Å². The monoisotopic (exact) mass is 389 g/mol. The van der Waals surface area contributed by atoms with Crippen LogP contribution in [0.4, 0.5) is 0 Å². The maximum absolute atomic E-state index is 12.8. The summed E-state index contributed by atoms with van der Waals surface area (Å²) >= 11 is 0. The highest BCUT2D eigenvalue weighted by Crippen LogP contribution is 2.24. The molecule has 5 heterocycles. The Morgan fingerprint density at radius 1 is 1.14 bits per heavy atom. The minimum Gasteiger partial charge on any atom is -0.317 e. The van der Waals surface area contributed by atoms with Crippen molar-refractivity contribution in [2.45, 2.75) is 39.0 Å². The van der Waals surface area contributed by atoms with E-state index in [-0.39, 0.29) is 5.56 Å². The predicted octanol–water partition coefficient (Wildman–Crippen LogP) is 2.14. The third-order valence-corrected chi connectivity index (χ3v) is 5.58. The lowest BCUT2D eigenvalue weighted by atomic mass is 9.95. The van der Waals surface area contributed by atoms with Crippen molar-refractivity contribution < 1.29 is 0 Å². The summed E-state index contributed by atoms with van der Waals surface area (Å²) in [5.41, 5.74) is 5.41. The molecule has 0 unspecified atom stereocenters. The molecule has 1 aliphatic rings. The fraction of sp³-hybridized carbons (Fsp3) is 0.381. The summed E-state index contributed by atoms with van der Waals surface area (Å²) in [5, 5.41) is 7.99. The van der Waals surface area contributed by atoms with Gasteiger partial charge in [-0.05, 0) is 45.3 Å². The van der Waals surface area contributed by atoms with Gasteiger partial charge in [0.2, 0.25) is 0 Å². The van der Waals surface area contributed by atoms with Gasteiger partial charge in [-0.25, -0.2) is 9.50 Å². The van der Waals surface area contributed by atoms with E-state index >= 15 is 0 Å². The number of rotatable bonds is 3. The van der Waals surface area contributed by atoms with Crippen LogP contribution in [0.2, 0.25) is 0 Å². The van der Waals surface area contributed by atoms with Crippen molar-refractivity contribution in [3.63, 3.8) is 0 Å². The topological polar surface area (TPSA) is 89.5 Å². The van der Waals surface area contributed by atoms with Crippen molar-refractivity contribution in [3.8, 4) is 11.4 Å². The van der Waals surface area contributed by atoms with E-state index in [0.717, 1.165) is 55.0 Å². The fourth-order valence-electron chi connectivity index (χ4n) is 4.06. The molecule has 1 fully saturated rings. The summed E-state index contributed by atoms with van der Waals surface area (Å²) in [7, 11) is 0. The maximum atomic E-state index is 12.8. The lowest BCUT2D eigenvalue weighted by Crippen LogP contribution is -2.27. The van der Waals surface area contributed by atoms with Gasteiger partial charge in [-0.1, -0.05) is 6.92 Å². The first-order valence-corrected chi connectivity index (χ1v) is 10.1. The second kappa shape index (κ2) is 7.04. The highest BCUT2D eigenvalue weighted by Gasteiger charge is 2.18. The third kappa shape index (κ3) is 3.19. The lowest BCUT2D eigenvalue weighted by molar-refractivity contribution is 0.452. The first-order valence-electron chi connectivity index (χ1n) is 10.1. The average Bonchev–Trinajstić information content (AvgIpc) is 3.17. The normalized spacial score (nSPS) is 15.4. The SMILES string of the molecule is CCc1nc(C)cn2nc(-c3cc(=O)n4cc(C5CCNCC5)ncc4n3)cc12. The van der Waals surface area contributed by atoms with E-state index in [1.807, 2.05) is 29.9 Å². The zero-order valence-electron chi connectivity index (χ0n) is 16.6. The van der Waals surface area contributed by atoms with Gasteiger partial charge in [-0.2, -0.15) is 5.10 Å². The molecule has 1 saturated heterocycles. The van der Waals surface area contributed by atoms with Gasteiger partial charge in [0.15, 0.2) is 5.65 Å². The van der Waals surface area contributed by atoms with E-state index in [4.69, 9.17) is 0 Å². The summed E-state index contributed by atoms with van der Waals surface area (Å²) in [5.74, 6) is 0.383. The van der Waals surface area contributed by atoms with Crippen LogP contribution in [0, 0.1) is 6.92 Å². The second-order valence-electron chi connectivity index (χ2n) is 7.59. The predicted molar refractivity (Wildman–Crippen MR) is 110 cm³/mol. The number of piperidine rings is 1. The van der Waals surface area contributed by atoms with Crippen molar-refractivity contribution in [2.24, 2.45) is 0 Å². The smallest absolute Gasteiger partial charge is 0.258 e. The molecule has 0 amide bonds. The molecule has 0 aromatic carbocycles. The van der Waals surface area contributed by atoms with Gasteiger partial charge in [0.1, 0.15) is 5.69 Å². The Morgan fingerprint density at radius 2 is 1.97 bits per heavy atom. The number of aromatic nitrogens is 6. The van der Waals surface area contributed by atoms with Crippen LogP contribution in [0.1, 0.15) is 42.8 Å². The molecular weight excluding hydrogens is 366 g/mol. The third-order valence-electron chi connectivity index (χ3n) is 5.58. The van der Waals surface area contributed by atoms with Crippen LogP contribution in [0.5, 0.6) is 0 Å². The largest absolute Gasteiger partial charge is 0.317 e. The van der Waals surface area contributed by atoms with Crippen LogP contribution in [-0.2, 0) is 6.42 Å². The van der Waals surface area contributed by atoms with E-state index in [0.29, 0.717) is 23.0 Å². The Kier molecular flexibility index (Phi) is 4.35. The molecule has 0 spiro atoms. The zero-order chi connectivity index (χ0) is 20.0. The first kappa shape index (κ1) is 17.9. The minimum atomic E-state index is -0.121. The Hall–Kier alpha value is -3.13. The highest BCUT2D eigenvalue weighted by atomic mass is 16.1. The van der Waals surface area contributed by atoms with Crippen molar-refractivity contribution >= 4 is 11.2 Å². The number of hydrogen-bond donors (Lipinski definition) is 1. The number of hydrogen-bond acceptors (Lipinski definition) is 6. The zero-order valence-corrected chi connectivity index (χ0v) is 16.6. The van der Waals surface area contributed by atoms with Gasteiger partial charge in [-0.15, -0.1) is 0 Å². The molecule has 0 bridgehead atoms. The van der Waals surface area contributed by atoms with E-state index in [1.165, 1.54) is 0 Å². The first-order chi connectivity index (χ1) is 14.1. The van der Waals surface area contributed by atoms with Crippen molar-refractivity contribution in [2.75, 3.05) is 13.1 Å². The highest BCUT2D eigenvalue weighted by molar-refractivity contribution is 5.66. The Bertz CT molecular complexity index is 1270. The van der Waals surface area contributed by atoms with Crippen LogP contribution < -0.4 is 10.9 Å². The van der Waals surface area contributed by atoms with Crippen LogP contribution in [0.3, 0.4) is 0 Å². The molecule has 1 aliphatic heterocycles. The van der Waals surface area contributed by atoms with Gasteiger partial charge in [0, 0.05) is 18.2 Å². The maximum Gasteiger partial charge on any atom is 0.258 e. The summed E-state index contributed by atoms with van der Waals surface area (Å²) in [6.45, 7) is 5.99. The van der Waals surface area contributed by atoms with E-state index in [9.17, 15) is 4.79 Å². The number of nitrogens with zero attached hydrogens (tertiary/aromatic N) is 6. The Balaban J connectivity index is 1.59. The van der Waals surface area contributed by atoms with Crippen molar-refractivity contribution in [3.05, 3.63) is 58.2 Å². The summed E-state index contributed by atoms with van der Waals surface area (Å²) < 4.78 is 3.41. The molecule has 148 valence electrons. The lowest BCUT2D eigenvalue weighted by Gasteiger charge is -2.22. The number of nitrogens with one attached hydrogen (secondary N) is 1. The molecule has 0 radical (unpaired) electrons. The van der Waals surface area contributed by atoms with Gasteiger partial charge < -0.3 is 5.32 Å². The molecule has 29 heavy (non-hydrogen) atoms. The van der Waals surface area contributed by atoms with E-state index < -0.39 is 0 Å². The number of aryl methyl sites for hydroxylation is 2. The van der Waals surface area contributed by atoms with Gasteiger partial charge in [0.25, 0.3) is 5.56 Å². The van der Waals surface area contributed by atoms with Crippen LogP contribution in [0.25, 0.3) is 22.6 Å². The van der Waals surface area contributed by atoms with Crippen LogP contribution in [-0.4, -0.2) is 42.1 Å². The number of fused-ring (bicyclic) bond motifs is 2. The minimum absolute atomic E-state index is 0.121. The summed E-state index contributed by atoms with van der Waals surface area (Å²) in [6.07, 6.45) is 8.31. The molecule has 0 aliphatic carbocycles. The molecule has 4 aromatic heterocycles. The van der Waals surface area contributed by atoms with Crippen LogP contribution in [0.15, 0.2) is 35.5 Å². The average molecular weight is 389 g/mol. The summed E-state index contributed by atoms with van der Waals surface area (Å²) in [6, 6.07) is 3.49. The molecule has 0 saturated carbocycles. The van der Waals surface area contributed by atoms with Gasteiger partial charge in [0.05, 0.1) is 40.7 Å². The van der Waals surface area contributed by atoms with Crippen molar-refractivity contribution in [1.29, 1.82) is 0 Å². The van der Waals surface area contributed by atoms with Gasteiger partial charge in [-0.3, -0.25) is 19.2 Å². The van der Waals surface area contributed by atoms with Gasteiger partial charge >= 0.3 is 0 Å². The standard InChI is InChI=1S/C21H23N7O/c1-3-15-19-8-17(26-28(19)11-13(2)24-15)16-9-21(29)27-12-18(23-10-20(27)25-16)14-4-6-22-7-5-14/h8-12,14,22H,3-7H2,1-2H3. The molecule has 4 aromatic rings. The summed E-state index contributed by atoms with van der Waals surface area (Å²) in [4.78, 5) is 26.7. The molecule has 1 N–H and O–H groups in total. The van der Waals surface area contributed by atoms with Crippen LogP contribution >= 0.6 is 0 Å². The molecule has 5 rings (SSSR count). The fourth-order valence-corrected chi connectivity index (χ4v) is 4.06. The van der Waals surface area contributed by atoms with E-state index in [2.05, 4.69) is 32.3 Å². The second-order valence-corrected chi connectivity index (χ2v) is 7.59.